The average Bonchev–Trinajstić information content (AvgIpc) is 3.04. The van der Waals surface area contributed by atoms with E-state index in [2.05, 4.69) is 43.8 Å². The molecule has 1 saturated carbocycles. The Morgan fingerprint density at radius 1 is 1.05 bits per heavy atom. The summed E-state index contributed by atoms with van der Waals surface area (Å²) in [4.78, 5) is 34.5. The van der Waals surface area contributed by atoms with Gasteiger partial charge in [-0.3, -0.25) is 9.69 Å². The molecule has 4 N–H and O–H groups in total. The van der Waals surface area contributed by atoms with Crippen molar-refractivity contribution in [3.63, 3.8) is 0 Å². The van der Waals surface area contributed by atoms with Crippen molar-refractivity contribution in [3.05, 3.63) is 90.6 Å². The highest BCUT2D eigenvalue weighted by Gasteiger charge is 2.31. The third-order valence-electron chi connectivity index (χ3n) is 7.63. The van der Waals surface area contributed by atoms with Crippen molar-refractivity contribution < 1.29 is 9.59 Å². The van der Waals surface area contributed by atoms with Crippen LogP contribution in [0, 0.1) is 11.3 Å². The Morgan fingerprint density at radius 2 is 1.82 bits per heavy atom. The summed E-state index contributed by atoms with van der Waals surface area (Å²) in [6.07, 6.45) is 7.00. The van der Waals surface area contributed by atoms with Gasteiger partial charge in [0.2, 0.25) is 5.91 Å². The first-order valence-electron chi connectivity index (χ1n) is 15.1. The number of hydrogen-bond donors (Lipinski definition) is 4. The summed E-state index contributed by atoms with van der Waals surface area (Å²) in [5.41, 5.74) is 3.63. The van der Waals surface area contributed by atoms with Gasteiger partial charge in [-0.1, -0.05) is 36.9 Å². The lowest BCUT2D eigenvalue weighted by atomic mass is 9.89. The fourth-order valence-corrected chi connectivity index (χ4v) is 5.33. The maximum atomic E-state index is 13.8. The second kappa shape index (κ2) is 16.1. The standard InChI is InChI=1S/C34H42N8O2/c1-4-33(43)40-31-21-29(16-17-30(31)36-19-8-20-41(2)3)42(34(44)38-23-25-9-6-5-7-10-25)28-14-12-27(13-15-28)39-32-18-11-26(22-35)24-37-32/h4-7,9-11,16-18,21,24,27-28,36H,1,8,12-15,19-20,23H2,2-3H3,(H,37,39)(H,38,44)(H,40,43). The van der Waals surface area contributed by atoms with Gasteiger partial charge < -0.3 is 26.2 Å². The monoisotopic (exact) mass is 594 g/mol. The highest BCUT2D eigenvalue weighted by Crippen LogP contribution is 2.33. The summed E-state index contributed by atoms with van der Waals surface area (Å²) in [5, 5.41) is 22.0. The molecule has 0 saturated heterocycles. The minimum absolute atomic E-state index is 0.0420. The molecule has 1 heterocycles. The van der Waals surface area contributed by atoms with Gasteiger partial charge in [0.25, 0.3) is 0 Å². The number of nitrogens with one attached hydrogen (secondary N) is 4. The van der Waals surface area contributed by atoms with E-state index < -0.39 is 0 Å². The van der Waals surface area contributed by atoms with Gasteiger partial charge in [-0.25, -0.2) is 9.78 Å². The van der Waals surface area contributed by atoms with Gasteiger partial charge in [-0.15, -0.1) is 0 Å². The number of urea groups is 1. The summed E-state index contributed by atoms with van der Waals surface area (Å²) < 4.78 is 0. The molecule has 1 aliphatic rings. The zero-order valence-electron chi connectivity index (χ0n) is 25.6. The molecular formula is C34H42N8O2. The number of rotatable bonds is 13. The molecule has 4 rings (SSSR count). The van der Waals surface area contributed by atoms with E-state index in [0.717, 1.165) is 62.3 Å². The van der Waals surface area contributed by atoms with E-state index in [0.29, 0.717) is 23.5 Å². The predicted molar refractivity (Wildman–Crippen MR) is 177 cm³/mol. The predicted octanol–water partition coefficient (Wildman–Crippen LogP) is 5.58. The topological polar surface area (TPSA) is 125 Å². The largest absolute Gasteiger partial charge is 0.383 e. The lowest BCUT2D eigenvalue weighted by molar-refractivity contribution is -0.111. The molecule has 0 bridgehead atoms. The molecule has 3 amide bonds. The maximum Gasteiger partial charge on any atom is 0.322 e. The Balaban J connectivity index is 1.53. The minimum atomic E-state index is -0.318. The molecule has 1 aliphatic carbocycles. The van der Waals surface area contributed by atoms with Crippen molar-refractivity contribution in [3.8, 4) is 6.07 Å². The van der Waals surface area contributed by atoms with Crippen LogP contribution in [0.4, 0.5) is 27.7 Å². The van der Waals surface area contributed by atoms with Gasteiger partial charge in [0.05, 0.1) is 16.9 Å². The number of nitriles is 1. The van der Waals surface area contributed by atoms with E-state index >= 15 is 0 Å². The van der Waals surface area contributed by atoms with Crippen LogP contribution in [0.5, 0.6) is 0 Å². The average molecular weight is 595 g/mol. The number of hydrogen-bond acceptors (Lipinski definition) is 7. The Kier molecular flexibility index (Phi) is 11.7. The molecule has 3 aromatic rings. The van der Waals surface area contributed by atoms with E-state index in [4.69, 9.17) is 5.26 Å². The highest BCUT2D eigenvalue weighted by molar-refractivity contribution is 6.02. The van der Waals surface area contributed by atoms with Crippen molar-refractivity contribution in [2.24, 2.45) is 0 Å². The number of carbonyl (C=O) groups is 2. The van der Waals surface area contributed by atoms with Gasteiger partial charge in [0.1, 0.15) is 11.9 Å². The molecule has 1 aromatic heterocycles. The van der Waals surface area contributed by atoms with Crippen LogP contribution in [0.2, 0.25) is 0 Å². The van der Waals surface area contributed by atoms with Gasteiger partial charge in [-0.2, -0.15) is 5.26 Å². The van der Waals surface area contributed by atoms with Gasteiger partial charge in [0.15, 0.2) is 0 Å². The smallest absolute Gasteiger partial charge is 0.322 e. The van der Waals surface area contributed by atoms with Crippen LogP contribution in [-0.2, 0) is 11.3 Å². The van der Waals surface area contributed by atoms with Crippen LogP contribution in [0.3, 0.4) is 0 Å². The van der Waals surface area contributed by atoms with Crippen molar-refractivity contribution in [1.29, 1.82) is 5.26 Å². The molecule has 0 radical (unpaired) electrons. The number of benzene rings is 2. The van der Waals surface area contributed by atoms with Crippen LogP contribution in [0.25, 0.3) is 0 Å². The Bertz CT molecular complexity index is 1430. The quantitative estimate of drug-likeness (QED) is 0.150. The number of amides is 3. The Labute approximate surface area is 260 Å². The minimum Gasteiger partial charge on any atom is -0.383 e. The van der Waals surface area contributed by atoms with Crippen LogP contribution in [-0.4, -0.2) is 61.1 Å². The fraction of sp³-hybridized carbons (Fsp3) is 0.353. The maximum absolute atomic E-state index is 13.8. The van der Waals surface area contributed by atoms with Gasteiger partial charge in [-0.05, 0) is 94.7 Å². The zero-order valence-corrected chi connectivity index (χ0v) is 25.6. The number of aromatic nitrogens is 1. The normalized spacial score (nSPS) is 16.0. The molecule has 230 valence electrons. The number of pyridine rings is 1. The first-order chi connectivity index (χ1) is 21.4. The lowest BCUT2D eigenvalue weighted by Crippen LogP contribution is -2.48. The van der Waals surface area contributed by atoms with E-state index in [-0.39, 0.29) is 24.0 Å². The number of nitrogens with zero attached hydrogens (tertiary/aromatic N) is 4. The molecule has 10 heteroatoms. The number of carbonyl (C=O) groups excluding carboxylic acids is 2. The highest BCUT2D eigenvalue weighted by atomic mass is 16.2. The molecule has 44 heavy (non-hydrogen) atoms. The molecule has 2 aromatic carbocycles. The summed E-state index contributed by atoms with van der Waals surface area (Å²) in [7, 11) is 4.07. The second-order valence-electron chi connectivity index (χ2n) is 11.2. The molecule has 0 spiro atoms. The van der Waals surface area contributed by atoms with E-state index in [1.807, 2.05) is 73.6 Å². The fourth-order valence-electron chi connectivity index (χ4n) is 5.33. The van der Waals surface area contributed by atoms with Gasteiger partial charge >= 0.3 is 6.03 Å². The third kappa shape index (κ3) is 9.31. The first-order valence-corrected chi connectivity index (χ1v) is 15.1. The van der Waals surface area contributed by atoms with Crippen LogP contribution in [0.15, 0.2) is 79.5 Å². The Hall–Kier alpha value is -4.88. The molecule has 0 atom stereocenters. The Morgan fingerprint density at radius 3 is 2.48 bits per heavy atom. The zero-order chi connectivity index (χ0) is 31.3. The molecular weight excluding hydrogens is 552 g/mol. The van der Waals surface area contributed by atoms with Crippen LogP contribution in [0.1, 0.15) is 43.2 Å². The second-order valence-corrected chi connectivity index (χ2v) is 11.2. The molecule has 1 fully saturated rings. The van der Waals surface area contributed by atoms with E-state index in [1.54, 1.807) is 12.3 Å². The summed E-state index contributed by atoms with van der Waals surface area (Å²) >= 11 is 0. The summed E-state index contributed by atoms with van der Waals surface area (Å²) in [6.45, 7) is 5.68. The molecule has 0 unspecified atom stereocenters. The molecule has 10 nitrogen and oxygen atoms in total. The van der Waals surface area contributed by atoms with Crippen LogP contribution < -0.4 is 26.2 Å². The third-order valence-corrected chi connectivity index (χ3v) is 7.63. The van der Waals surface area contributed by atoms with Crippen molar-refractivity contribution >= 4 is 34.8 Å². The van der Waals surface area contributed by atoms with E-state index in [1.165, 1.54) is 6.08 Å². The van der Waals surface area contributed by atoms with Crippen molar-refractivity contribution in [2.75, 3.05) is 48.0 Å². The number of anilines is 4. The van der Waals surface area contributed by atoms with Crippen molar-refractivity contribution in [2.45, 2.75) is 50.7 Å². The summed E-state index contributed by atoms with van der Waals surface area (Å²) in [5.74, 6) is 0.419. The van der Waals surface area contributed by atoms with E-state index in [9.17, 15) is 9.59 Å². The first kappa shape index (κ1) is 32.0. The lowest BCUT2D eigenvalue weighted by Gasteiger charge is -2.37. The van der Waals surface area contributed by atoms with Crippen molar-refractivity contribution in [1.82, 2.24) is 15.2 Å². The molecule has 0 aliphatic heterocycles. The van der Waals surface area contributed by atoms with Gasteiger partial charge in [0, 0.05) is 37.1 Å². The summed E-state index contributed by atoms with van der Waals surface area (Å²) in [6, 6.07) is 21.2. The van der Waals surface area contributed by atoms with Crippen LogP contribution >= 0.6 is 0 Å². The SMILES string of the molecule is C=CC(=O)Nc1cc(N(C(=O)NCc2ccccc2)C2CCC(Nc3ccc(C#N)cn3)CC2)ccc1NCCCN(C)C.